The van der Waals surface area contributed by atoms with Crippen molar-refractivity contribution >= 4 is 34.5 Å². The lowest BCUT2D eigenvalue weighted by molar-refractivity contribution is -0.146. The summed E-state index contributed by atoms with van der Waals surface area (Å²) in [5, 5.41) is 0.443. The number of carbonyl (C=O) groups excluding carboxylic acids is 2. The van der Waals surface area contributed by atoms with Crippen molar-refractivity contribution in [2.24, 2.45) is 0 Å². The molecule has 0 bridgehead atoms. The molecule has 7 nitrogen and oxygen atoms in total. The maximum atomic E-state index is 12.4. The molecule has 28 heavy (non-hydrogen) atoms. The quantitative estimate of drug-likeness (QED) is 0.443. The second kappa shape index (κ2) is 8.31. The van der Waals surface area contributed by atoms with Crippen molar-refractivity contribution in [2.45, 2.75) is 26.0 Å². The Hall–Kier alpha value is -3.06. The lowest BCUT2D eigenvalue weighted by Crippen LogP contribution is -2.25. The second-order valence-corrected chi connectivity index (χ2v) is 6.54. The molecule has 0 amide bonds. The minimum absolute atomic E-state index is 0.0652. The van der Waals surface area contributed by atoms with E-state index in [4.69, 9.17) is 25.5 Å². The molecule has 0 spiro atoms. The number of benzene rings is 2. The van der Waals surface area contributed by atoms with E-state index in [1.807, 2.05) is 0 Å². The first-order valence-corrected chi connectivity index (χ1v) is 8.93. The van der Waals surface area contributed by atoms with Gasteiger partial charge in [0.05, 0.1) is 19.0 Å². The first-order valence-electron chi connectivity index (χ1n) is 8.55. The van der Waals surface area contributed by atoms with Crippen LogP contribution in [0.4, 0.5) is 0 Å². The molecule has 2 aromatic carbocycles. The molecule has 0 saturated carbocycles. The number of carbonyl (C=O) groups is 2. The van der Waals surface area contributed by atoms with Crippen LogP contribution in [0.25, 0.3) is 11.1 Å². The van der Waals surface area contributed by atoms with Gasteiger partial charge in [-0.15, -0.1) is 0 Å². The molecular weight excluding hydrogens is 386 g/mol. The number of methoxy groups -OCH3 is 1. The van der Waals surface area contributed by atoms with Crippen molar-refractivity contribution in [3.05, 3.63) is 63.6 Å². The van der Waals surface area contributed by atoms with Gasteiger partial charge < -0.3 is 13.9 Å². The van der Waals surface area contributed by atoms with Gasteiger partial charge in [-0.05, 0) is 43.3 Å². The Morgan fingerprint density at radius 1 is 1.18 bits per heavy atom. The molecule has 1 heterocycles. The zero-order valence-corrected chi connectivity index (χ0v) is 16.1. The van der Waals surface area contributed by atoms with Gasteiger partial charge >= 0.3 is 11.7 Å². The summed E-state index contributed by atoms with van der Waals surface area (Å²) in [6.45, 7) is 1.57. The minimum Gasteiger partial charge on any atom is -0.497 e. The molecule has 3 rings (SSSR count). The number of esters is 1. The van der Waals surface area contributed by atoms with Crippen LogP contribution in [0, 0.1) is 0 Å². The number of halogens is 1. The molecule has 8 heteroatoms. The summed E-state index contributed by atoms with van der Waals surface area (Å²) in [4.78, 5) is 36.5. The molecule has 0 saturated heterocycles. The molecule has 0 radical (unpaired) electrons. The van der Waals surface area contributed by atoms with Gasteiger partial charge in [0.15, 0.2) is 11.7 Å². The van der Waals surface area contributed by atoms with Gasteiger partial charge in [-0.25, -0.2) is 4.79 Å². The first kappa shape index (κ1) is 19.7. The number of aromatic nitrogens is 1. The van der Waals surface area contributed by atoms with E-state index >= 15 is 0 Å². The summed E-state index contributed by atoms with van der Waals surface area (Å²) in [7, 11) is 1.53. The molecule has 0 N–H and O–H groups in total. The van der Waals surface area contributed by atoms with Crippen LogP contribution in [0.2, 0.25) is 5.02 Å². The molecule has 0 aliphatic rings. The average molecular weight is 404 g/mol. The maximum absolute atomic E-state index is 12.4. The summed E-state index contributed by atoms with van der Waals surface area (Å²) >= 11 is 5.88. The number of oxazole rings is 1. The number of aryl methyl sites for hydroxylation is 1. The minimum atomic E-state index is -0.947. The molecule has 0 fully saturated rings. The third kappa shape index (κ3) is 4.26. The van der Waals surface area contributed by atoms with Crippen LogP contribution < -0.4 is 10.5 Å². The average Bonchev–Trinajstić information content (AvgIpc) is 2.99. The first-order chi connectivity index (χ1) is 13.4. The normalized spacial score (nSPS) is 12.0. The van der Waals surface area contributed by atoms with Crippen molar-refractivity contribution in [3.63, 3.8) is 0 Å². The molecule has 1 atom stereocenters. The van der Waals surface area contributed by atoms with E-state index in [1.165, 1.54) is 24.7 Å². The Labute approximate surface area is 165 Å². The second-order valence-electron chi connectivity index (χ2n) is 6.11. The summed E-state index contributed by atoms with van der Waals surface area (Å²) in [5.74, 6) is -0.881. The molecule has 3 aromatic rings. The Morgan fingerprint density at radius 2 is 1.89 bits per heavy atom. The van der Waals surface area contributed by atoms with Gasteiger partial charge in [0.25, 0.3) is 0 Å². The lowest BCUT2D eigenvalue weighted by atomic mass is 10.1. The van der Waals surface area contributed by atoms with Crippen molar-refractivity contribution < 1.29 is 23.5 Å². The fourth-order valence-corrected chi connectivity index (χ4v) is 2.92. The van der Waals surface area contributed by atoms with Crippen molar-refractivity contribution in [3.8, 4) is 5.75 Å². The van der Waals surface area contributed by atoms with Gasteiger partial charge in [0.2, 0.25) is 5.78 Å². The van der Waals surface area contributed by atoms with Crippen LogP contribution in [0.3, 0.4) is 0 Å². The van der Waals surface area contributed by atoms with Crippen LogP contribution in [0.15, 0.2) is 51.7 Å². The van der Waals surface area contributed by atoms with Crippen LogP contribution in [-0.2, 0) is 16.1 Å². The van der Waals surface area contributed by atoms with Gasteiger partial charge in [0.1, 0.15) is 5.75 Å². The van der Waals surface area contributed by atoms with Gasteiger partial charge in [-0.1, -0.05) is 11.6 Å². The van der Waals surface area contributed by atoms with Gasteiger partial charge in [-0.3, -0.25) is 14.2 Å². The Kier molecular flexibility index (Phi) is 5.84. The van der Waals surface area contributed by atoms with E-state index in [0.29, 0.717) is 27.4 Å². The predicted octanol–water partition coefficient (Wildman–Crippen LogP) is 3.46. The number of rotatable bonds is 7. The molecule has 0 unspecified atom stereocenters. The number of nitrogens with zero attached hydrogens (tertiary/aromatic N) is 1. The molecule has 0 aliphatic heterocycles. The Morgan fingerprint density at radius 3 is 2.57 bits per heavy atom. The third-order valence-electron chi connectivity index (χ3n) is 4.22. The van der Waals surface area contributed by atoms with Gasteiger partial charge in [0, 0.05) is 23.2 Å². The van der Waals surface area contributed by atoms with Crippen LogP contribution in [-0.4, -0.2) is 29.5 Å². The highest BCUT2D eigenvalue weighted by Crippen LogP contribution is 2.19. The smallest absolute Gasteiger partial charge is 0.419 e. The lowest BCUT2D eigenvalue weighted by Gasteiger charge is -2.12. The maximum Gasteiger partial charge on any atom is 0.419 e. The standard InChI is InChI=1S/C20H18ClNO6/c1-12(19(24)13-3-6-15(26-2)7-4-13)27-18(23)9-10-22-16-8-5-14(21)11-17(16)28-20(22)25/h3-8,11-12H,9-10H2,1-2H3/t12-/m0/s1. The van der Waals surface area contributed by atoms with Crippen LogP contribution in [0.5, 0.6) is 5.75 Å². The summed E-state index contributed by atoms with van der Waals surface area (Å²) in [6.07, 6.45) is -1.03. The summed E-state index contributed by atoms with van der Waals surface area (Å²) in [5.41, 5.74) is 1.29. The molecule has 1 aromatic heterocycles. The third-order valence-corrected chi connectivity index (χ3v) is 4.46. The van der Waals surface area contributed by atoms with Crippen molar-refractivity contribution in [1.29, 1.82) is 0 Å². The molecule has 146 valence electrons. The fourth-order valence-electron chi connectivity index (χ4n) is 2.75. The van der Waals surface area contributed by atoms with Crippen molar-refractivity contribution in [1.82, 2.24) is 4.57 Å². The van der Waals surface area contributed by atoms with E-state index in [1.54, 1.807) is 36.4 Å². The van der Waals surface area contributed by atoms with Gasteiger partial charge in [-0.2, -0.15) is 0 Å². The summed E-state index contributed by atoms with van der Waals surface area (Å²) in [6, 6.07) is 11.3. The van der Waals surface area contributed by atoms with E-state index in [2.05, 4.69) is 0 Å². The number of Topliss-reactive ketones (excluding diaryl/α,β-unsaturated/α-hetero) is 1. The number of ketones is 1. The molecular formula is C20H18ClNO6. The largest absolute Gasteiger partial charge is 0.497 e. The fraction of sp³-hybridized carbons (Fsp3) is 0.250. The number of hydrogen-bond acceptors (Lipinski definition) is 6. The van der Waals surface area contributed by atoms with Crippen LogP contribution >= 0.6 is 11.6 Å². The van der Waals surface area contributed by atoms with E-state index in [-0.39, 0.29) is 18.7 Å². The van der Waals surface area contributed by atoms with E-state index < -0.39 is 17.8 Å². The van der Waals surface area contributed by atoms with Crippen LogP contribution in [0.1, 0.15) is 23.7 Å². The number of ether oxygens (including phenoxy) is 2. The molecule has 0 aliphatic carbocycles. The highest BCUT2D eigenvalue weighted by Gasteiger charge is 2.20. The number of hydrogen-bond donors (Lipinski definition) is 0. The van der Waals surface area contributed by atoms with Crippen molar-refractivity contribution in [2.75, 3.05) is 7.11 Å². The van der Waals surface area contributed by atoms with E-state index in [9.17, 15) is 14.4 Å². The Balaban J connectivity index is 1.61. The number of fused-ring (bicyclic) bond motifs is 1. The SMILES string of the molecule is COc1ccc(C(=O)[C@H](C)OC(=O)CCn2c(=O)oc3cc(Cl)ccc32)cc1. The Bertz CT molecular complexity index is 1070. The zero-order valence-electron chi connectivity index (χ0n) is 15.3. The zero-order chi connectivity index (χ0) is 20.3. The van der Waals surface area contributed by atoms with E-state index in [0.717, 1.165) is 0 Å². The highest BCUT2D eigenvalue weighted by molar-refractivity contribution is 6.31. The monoisotopic (exact) mass is 403 g/mol. The summed E-state index contributed by atoms with van der Waals surface area (Å²) < 4.78 is 16.7. The predicted molar refractivity (Wildman–Crippen MR) is 103 cm³/mol. The highest BCUT2D eigenvalue weighted by atomic mass is 35.5. The topological polar surface area (TPSA) is 87.7 Å².